The van der Waals surface area contributed by atoms with Crippen LogP contribution in [0.25, 0.3) is 0 Å². The fourth-order valence-electron chi connectivity index (χ4n) is 2.57. The molecule has 1 aliphatic rings. The number of nitrogens with one attached hydrogen (secondary N) is 1. The second-order valence-electron chi connectivity index (χ2n) is 5.47. The molecule has 0 radical (unpaired) electrons. The van der Waals surface area contributed by atoms with E-state index < -0.39 is 15.8 Å². The van der Waals surface area contributed by atoms with Gasteiger partial charge in [0.15, 0.2) is 0 Å². The molecule has 2 heterocycles. The maximum absolute atomic E-state index is 13.6. The molecule has 0 atom stereocenters. The van der Waals surface area contributed by atoms with E-state index in [4.69, 9.17) is 0 Å². The molecule has 1 aromatic carbocycles. The predicted molar refractivity (Wildman–Crippen MR) is 86.1 cm³/mol. The Labute approximate surface area is 135 Å². The van der Waals surface area contributed by atoms with Crippen LogP contribution < -0.4 is 9.62 Å². The van der Waals surface area contributed by atoms with Gasteiger partial charge < -0.3 is 4.90 Å². The second-order valence-corrected chi connectivity index (χ2v) is 7.21. The minimum Gasteiger partial charge on any atom is -0.357 e. The highest BCUT2D eigenvalue weighted by Crippen LogP contribution is 2.18. The zero-order chi connectivity index (χ0) is 16.3. The van der Waals surface area contributed by atoms with Crippen molar-refractivity contribution in [2.75, 3.05) is 18.0 Å². The van der Waals surface area contributed by atoms with E-state index in [0.29, 0.717) is 0 Å². The van der Waals surface area contributed by atoms with Crippen LogP contribution in [-0.2, 0) is 16.6 Å². The summed E-state index contributed by atoms with van der Waals surface area (Å²) in [6, 6.07) is 9.04. The maximum atomic E-state index is 13.6. The highest BCUT2D eigenvalue weighted by atomic mass is 32.2. The third kappa shape index (κ3) is 3.68. The number of sulfonamides is 1. The van der Waals surface area contributed by atoms with Crippen LogP contribution >= 0.6 is 0 Å². The van der Waals surface area contributed by atoms with Gasteiger partial charge in [-0.2, -0.15) is 0 Å². The molecule has 23 heavy (non-hydrogen) atoms. The third-order valence-electron chi connectivity index (χ3n) is 3.83. The molecule has 1 aromatic heterocycles. The fraction of sp³-hybridized carbons (Fsp3) is 0.312. The number of halogens is 1. The molecule has 0 amide bonds. The summed E-state index contributed by atoms with van der Waals surface area (Å²) in [5, 5.41) is 0. The Morgan fingerprint density at radius 2 is 1.87 bits per heavy atom. The molecular formula is C16H18FN3O2S. The zero-order valence-electron chi connectivity index (χ0n) is 12.6. The van der Waals surface area contributed by atoms with Gasteiger partial charge in [0.1, 0.15) is 16.5 Å². The normalized spacial score (nSPS) is 15.1. The van der Waals surface area contributed by atoms with E-state index in [1.165, 1.54) is 31.0 Å². The summed E-state index contributed by atoms with van der Waals surface area (Å²) < 4.78 is 40.2. The number of hydrogen-bond acceptors (Lipinski definition) is 4. The third-order valence-corrected chi connectivity index (χ3v) is 5.27. The summed E-state index contributed by atoms with van der Waals surface area (Å²) in [6.07, 6.45) is 4.00. The Balaban J connectivity index is 1.67. The van der Waals surface area contributed by atoms with E-state index in [-0.39, 0.29) is 11.4 Å². The van der Waals surface area contributed by atoms with E-state index in [2.05, 4.69) is 14.6 Å². The van der Waals surface area contributed by atoms with E-state index in [0.717, 1.165) is 30.5 Å². The topological polar surface area (TPSA) is 62.3 Å². The molecule has 0 saturated carbocycles. The lowest BCUT2D eigenvalue weighted by molar-refractivity contribution is 0.557. The smallest absolute Gasteiger partial charge is 0.243 e. The summed E-state index contributed by atoms with van der Waals surface area (Å²) >= 11 is 0. The average molecular weight is 335 g/mol. The number of aromatic nitrogens is 1. The Hall–Kier alpha value is -1.99. The van der Waals surface area contributed by atoms with Crippen molar-refractivity contribution in [3.8, 4) is 0 Å². The van der Waals surface area contributed by atoms with Gasteiger partial charge in [0.25, 0.3) is 0 Å². The molecule has 7 heteroatoms. The van der Waals surface area contributed by atoms with Gasteiger partial charge in [0.05, 0.1) is 0 Å². The van der Waals surface area contributed by atoms with Crippen LogP contribution in [0.15, 0.2) is 47.5 Å². The Morgan fingerprint density at radius 3 is 2.52 bits per heavy atom. The molecule has 122 valence electrons. The second kappa shape index (κ2) is 6.64. The summed E-state index contributed by atoms with van der Waals surface area (Å²) in [5.74, 6) is 0.144. The molecule has 0 spiro atoms. The first-order valence-electron chi connectivity index (χ1n) is 7.50. The van der Waals surface area contributed by atoms with Crippen molar-refractivity contribution in [3.63, 3.8) is 0 Å². The lowest BCUT2D eigenvalue weighted by atomic mass is 10.3. The van der Waals surface area contributed by atoms with Crippen molar-refractivity contribution in [3.05, 3.63) is 54.0 Å². The first-order chi connectivity index (χ1) is 11.1. The summed E-state index contributed by atoms with van der Waals surface area (Å²) in [5.41, 5.74) is 0.730. The molecule has 3 rings (SSSR count). The van der Waals surface area contributed by atoms with Crippen molar-refractivity contribution in [1.82, 2.24) is 9.71 Å². The number of pyridine rings is 1. The van der Waals surface area contributed by atoms with Gasteiger partial charge in [-0.3, -0.25) is 0 Å². The number of anilines is 1. The van der Waals surface area contributed by atoms with Gasteiger partial charge >= 0.3 is 0 Å². The molecule has 0 unspecified atom stereocenters. The number of hydrogen-bond donors (Lipinski definition) is 1. The molecule has 0 aliphatic carbocycles. The quantitative estimate of drug-likeness (QED) is 0.911. The highest BCUT2D eigenvalue weighted by Gasteiger charge is 2.18. The first kappa shape index (κ1) is 15.9. The van der Waals surface area contributed by atoms with Crippen LogP contribution in [0, 0.1) is 5.82 Å². The SMILES string of the molecule is O=S(=O)(NCc1ccc(N2CCCC2)nc1)c1ccccc1F. The largest absolute Gasteiger partial charge is 0.357 e. The van der Waals surface area contributed by atoms with Crippen LogP contribution in [0.4, 0.5) is 10.2 Å². The van der Waals surface area contributed by atoms with Crippen LogP contribution in [0.2, 0.25) is 0 Å². The summed E-state index contributed by atoms with van der Waals surface area (Å²) in [6.45, 7) is 2.09. The van der Waals surface area contributed by atoms with Crippen molar-refractivity contribution in [1.29, 1.82) is 0 Å². The van der Waals surface area contributed by atoms with Gasteiger partial charge in [-0.05, 0) is 36.6 Å². The summed E-state index contributed by atoms with van der Waals surface area (Å²) in [4.78, 5) is 6.22. The van der Waals surface area contributed by atoms with Crippen LogP contribution in [0.3, 0.4) is 0 Å². The van der Waals surface area contributed by atoms with E-state index in [9.17, 15) is 12.8 Å². The van der Waals surface area contributed by atoms with E-state index in [1.807, 2.05) is 12.1 Å². The van der Waals surface area contributed by atoms with Crippen LogP contribution in [0.1, 0.15) is 18.4 Å². The van der Waals surface area contributed by atoms with E-state index >= 15 is 0 Å². The van der Waals surface area contributed by atoms with Crippen LogP contribution in [-0.4, -0.2) is 26.5 Å². The Bertz CT molecular complexity index is 772. The minimum atomic E-state index is -3.88. The molecule has 1 fully saturated rings. The van der Waals surface area contributed by atoms with Crippen molar-refractivity contribution in [2.45, 2.75) is 24.3 Å². The summed E-state index contributed by atoms with van der Waals surface area (Å²) in [7, 11) is -3.88. The van der Waals surface area contributed by atoms with Gasteiger partial charge in [-0.15, -0.1) is 0 Å². The van der Waals surface area contributed by atoms with Crippen LogP contribution in [0.5, 0.6) is 0 Å². The maximum Gasteiger partial charge on any atom is 0.243 e. The van der Waals surface area contributed by atoms with Gasteiger partial charge in [0, 0.05) is 25.8 Å². The minimum absolute atomic E-state index is 0.0734. The molecule has 0 bridgehead atoms. The molecule has 1 saturated heterocycles. The van der Waals surface area contributed by atoms with Crippen molar-refractivity contribution >= 4 is 15.8 Å². The number of nitrogens with zero attached hydrogens (tertiary/aromatic N) is 2. The molecular weight excluding hydrogens is 317 g/mol. The van der Waals surface area contributed by atoms with Crippen molar-refractivity contribution < 1.29 is 12.8 Å². The monoisotopic (exact) mass is 335 g/mol. The number of rotatable bonds is 5. The predicted octanol–water partition coefficient (Wildman–Crippen LogP) is 2.30. The lowest BCUT2D eigenvalue weighted by Crippen LogP contribution is -2.24. The first-order valence-corrected chi connectivity index (χ1v) is 8.99. The molecule has 1 aliphatic heterocycles. The molecule has 5 nitrogen and oxygen atoms in total. The van der Waals surface area contributed by atoms with E-state index in [1.54, 1.807) is 6.20 Å². The van der Waals surface area contributed by atoms with Gasteiger partial charge in [-0.1, -0.05) is 18.2 Å². The van der Waals surface area contributed by atoms with Gasteiger partial charge in [-0.25, -0.2) is 22.5 Å². The number of benzene rings is 1. The molecule has 2 aromatic rings. The fourth-order valence-corrected chi connectivity index (χ4v) is 3.67. The molecule has 1 N–H and O–H groups in total. The van der Waals surface area contributed by atoms with Crippen molar-refractivity contribution in [2.24, 2.45) is 0 Å². The Kier molecular flexibility index (Phi) is 4.58. The average Bonchev–Trinajstić information content (AvgIpc) is 3.08. The highest BCUT2D eigenvalue weighted by molar-refractivity contribution is 7.89. The Morgan fingerprint density at radius 1 is 1.13 bits per heavy atom. The lowest BCUT2D eigenvalue weighted by Gasteiger charge is -2.16. The van der Waals surface area contributed by atoms with Gasteiger partial charge in [0.2, 0.25) is 10.0 Å². The zero-order valence-corrected chi connectivity index (χ0v) is 13.4. The standard InChI is InChI=1S/C16H18FN3O2S/c17-14-5-1-2-6-15(14)23(21,22)19-12-13-7-8-16(18-11-13)20-9-3-4-10-20/h1-2,5-8,11,19H,3-4,9-10,12H2.